The minimum Gasteiger partial charge on any atom is -0.495 e. The van der Waals surface area contributed by atoms with Crippen molar-refractivity contribution >= 4 is 58.6 Å². The lowest BCUT2D eigenvalue weighted by atomic mass is 10.1. The molecule has 0 atom stereocenters. The van der Waals surface area contributed by atoms with Crippen molar-refractivity contribution in [2.45, 2.75) is 0 Å². The molecule has 0 saturated heterocycles. The van der Waals surface area contributed by atoms with E-state index in [2.05, 4.69) is 47.8 Å². The Morgan fingerprint density at radius 1 is 0.895 bits per heavy atom. The van der Waals surface area contributed by atoms with Crippen LogP contribution >= 0.6 is 47.8 Å². The van der Waals surface area contributed by atoms with Crippen LogP contribution in [0.4, 0.5) is 0 Å². The molecule has 3 nitrogen and oxygen atoms in total. The Morgan fingerprint density at radius 3 is 1.95 bits per heavy atom. The highest BCUT2D eigenvalue weighted by molar-refractivity contribution is 9.13. The van der Waals surface area contributed by atoms with E-state index in [9.17, 15) is 4.79 Å². The van der Waals surface area contributed by atoms with Gasteiger partial charge in [-0.3, -0.25) is 4.79 Å². The van der Waals surface area contributed by atoms with E-state index >= 15 is 0 Å². The van der Waals surface area contributed by atoms with Gasteiger partial charge in [0.05, 0.1) is 27.6 Å². The van der Waals surface area contributed by atoms with Gasteiger partial charge in [0.1, 0.15) is 11.5 Å². The average Bonchev–Trinajstić information content (AvgIpc) is 2.53. The van der Waals surface area contributed by atoms with Gasteiger partial charge in [-0.1, -0.05) is 0 Å². The first-order valence-electron chi connectivity index (χ1n) is 5.23. The molecule has 100 valence electrons. The zero-order valence-corrected chi connectivity index (χ0v) is 14.8. The number of methoxy groups -OCH3 is 2. The second-order valence-corrected chi connectivity index (χ2v) is 6.15. The maximum atomic E-state index is 11.7. The summed E-state index contributed by atoms with van der Waals surface area (Å²) in [5.41, 5.74) is -0.104. The molecule has 0 saturated carbocycles. The van der Waals surface area contributed by atoms with E-state index in [-0.39, 0.29) is 5.43 Å². The molecule has 19 heavy (non-hydrogen) atoms. The summed E-state index contributed by atoms with van der Waals surface area (Å²) in [6, 6.07) is 4.95. The highest BCUT2D eigenvalue weighted by Gasteiger charge is 2.17. The SMILES string of the molecule is COc1c(Br)c(Br)c(OC)c2cc(Br)c(=O)ccc12. The van der Waals surface area contributed by atoms with Crippen LogP contribution in [0.5, 0.6) is 11.5 Å². The van der Waals surface area contributed by atoms with E-state index in [1.54, 1.807) is 26.4 Å². The zero-order chi connectivity index (χ0) is 14.2. The molecule has 0 spiro atoms. The number of fused-ring (bicyclic) bond motifs is 1. The summed E-state index contributed by atoms with van der Waals surface area (Å²) in [6.07, 6.45) is 0. The van der Waals surface area contributed by atoms with E-state index in [0.717, 1.165) is 19.7 Å². The molecule has 6 heteroatoms. The summed E-state index contributed by atoms with van der Waals surface area (Å²) in [4.78, 5) is 11.7. The van der Waals surface area contributed by atoms with Gasteiger partial charge in [-0.25, -0.2) is 0 Å². The van der Waals surface area contributed by atoms with E-state index in [4.69, 9.17) is 9.47 Å². The highest BCUT2D eigenvalue weighted by atomic mass is 79.9. The van der Waals surface area contributed by atoms with E-state index < -0.39 is 0 Å². The van der Waals surface area contributed by atoms with Gasteiger partial charge < -0.3 is 9.47 Å². The number of halogens is 3. The van der Waals surface area contributed by atoms with Crippen LogP contribution in [0, 0.1) is 0 Å². The predicted molar refractivity (Wildman–Crippen MR) is 86.4 cm³/mol. The topological polar surface area (TPSA) is 35.5 Å². The van der Waals surface area contributed by atoms with Crippen molar-refractivity contribution in [1.29, 1.82) is 0 Å². The largest absolute Gasteiger partial charge is 0.495 e. The standard InChI is InChI=1S/C13H9Br3O3/c1-18-12-6-3-4-9(17)8(14)5-7(6)13(19-2)11(16)10(12)15/h3-5H,1-2H3. The van der Waals surface area contributed by atoms with Crippen LogP contribution in [0.2, 0.25) is 0 Å². The first kappa shape index (κ1) is 14.8. The number of benzene rings is 1. The summed E-state index contributed by atoms with van der Waals surface area (Å²) < 4.78 is 12.8. The Balaban J connectivity index is 3.11. The Bertz CT molecular complexity index is 714. The molecule has 2 aromatic carbocycles. The lowest BCUT2D eigenvalue weighted by Gasteiger charge is -2.13. The lowest BCUT2D eigenvalue weighted by Crippen LogP contribution is -1.93. The second-order valence-electron chi connectivity index (χ2n) is 3.71. The third kappa shape index (κ3) is 2.53. The normalized spacial score (nSPS) is 10.6. The molecule has 0 amide bonds. The van der Waals surface area contributed by atoms with E-state index in [0.29, 0.717) is 16.0 Å². The van der Waals surface area contributed by atoms with Gasteiger partial charge in [0.15, 0.2) is 5.43 Å². The summed E-state index contributed by atoms with van der Waals surface area (Å²) in [5, 5.41) is 1.57. The quantitative estimate of drug-likeness (QED) is 0.672. The van der Waals surface area contributed by atoms with Crippen molar-refractivity contribution in [3.63, 3.8) is 0 Å². The predicted octanol–water partition coefficient (Wildman–Crippen LogP) is 4.50. The minimum absolute atomic E-state index is 0.104. The Kier molecular flexibility index (Phi) is 4.53. The Morgan fingerprint density at radius 2 is 1.42 bits per heavy atom. The average molecular weight is 453 g/mol. The molecule has 0 N–H and O–H groups in total. The number of rotatable bonds is 2. The van der Waals surface area contributed by atoms with Crippen molar-refractivity contribution in [3.05, 3.63) is 41.8 Å². The van der Waals surface area contributed by atoms with Gasteiger partial charge in [-0.2, -0.15) is 0 Å². The van der Waals surface area contributed by atoms with Crippen LogP contribution in [-0.4, -0.2) is 14.2 Å². The smallest absolute Gasteiger partial charge is 0.192 e. The van der Waals surface area contributed by atoms with Crippen LogP contribution in [0.3, 0.4) is 0 Å². The molecule has 0 fully saturated rings. The van der Waals surface area contributed by atoms with Crippen molar-refractivity contribution in [2.24, 2.45) is 0 Å². The summed E-state index contributed by atoms with van der Waals surface area (Å²) in [5.74, 6) is 1.28. The third-order valence-corrected chi connectivity index (χ3v) is 5.35. The zero-order valence-electron chi connectivity index (χ0n) is 10.1. The molecule has 0 aliphatic carbocycles. The molecule has 0 unspecified atom stereocenters. The Labute approximate surface area is 135 Å². The molecule has 0 aromatic heterocycles. The fourth-order valence-electron chi connectivity index (χ4n) is 1.82. The molecule has 0 heterocycles. The number of hydrogen-bond donors (Lipinski definition) is 0. The fraction of sp³-hybridized carbons (Fsp3) is 0.154. The van der Waals surface area contributed by atoms with Gasteiger partial charge in [0.25, 0.3) is 0 Å². The van der Waals surface area contributed by atoms with Gasteiger partial charge >= 0.3 is 0 Å². The van der Waals surface area contributed by atoms with Crippen LogP contribution in [0.15, 0.2) is 36.4 Å². The molecule has 0 aliphatic heterocycles. The van der Waals surface area contributed by atoms with Gasteiger partial charge in [-0.15, -0.1) is 0 Å². The first-order valence-corrected chi connectivity index (χ1v) is 7.61. The fourth-order valence-corrected chi connectivity index (χ4v) is 3.30. The first-order chi connectivity index (χ1) is 9.01. The molecule has 2 aromatic rings. The summed E-state index contributed by atoms with van der Waals surface area (Å²) >= 11 is 10.2. The van der Waals surface area contributed by atoms with Crippen LogP contribution in [-0.2, 0) is 0 Å². The third-order valence-electron chi connectivity index (χ3n) is 2.69. The van der Waals surface area contributed by atoms with Gasteiger partial charge in [0.2, 0.25) is 0 Å². The van der Waals surface area contributed by atoms with Gasteiger partial charge in [0, 0.05) is 10.8 Å². The van der Waals surface area contributed by atoms with Crippen LogP contribution in [0.25, 0.3) is 10.8 Å². The molecule has 0 aliphatic rings. The maximum Gasteiger partial charge on any atom is 0.192 e. The lowest BCUT2D eigenvalue weighted by molar-refractivity contribution is 0.406. The second kappa shape index (κ2) is 5.81. The van der Waals surface area contributed by atoms with Crippen molar-refractivity contribution < 1.29 is 9.47 Å². The molecule has 0 radical (unpaired) electrons. The minimum atomic E-state index is -0.104. The maximum absolute atomic E-state index is 11.7. The van der Waals surface area contributed by atoms with E-state index in [1.165, 1.54) is 6.07 Å². The number of hydrogen-bond acceptors (Lipinski definition) is 3. The molecule has 0 bridgehead atoms. The number of ether oxygens (including phenoxy) is 2. The van der Waals surface area contributed by atoms with Crippen LogP contribution < -0.4 is 14.9 Å². The van der Waals surface area contributed by atoms with Gasteiger partial charge in [-0.05, 0) is 66.0 Å². The van der Waals surface area contributed by atoms with Crippen molar-refractivity contribution in [1.82, 2.24) is 0 Å². The van der Waals surface area contributed by atoms with Crippen molar-refractivity contribution in [3.8, 4) is 11.5 Å². The monoisotopic (exact) mass is 450 g/mol. The van der Waals surface area contributed by atoms with Crippen LogP contribution in [0.1, 0.15) is 0 Å². The Hall–Kier alpha value is -0.590. The van der Waals surface area contributed by atoms with Crippen molar-refractivity contribution in [2.75, 3.05) is 14.2 Å². The molecular formula is C13H9Br3O3. The van der Waals surface area contributed by atoms with E-state index in [1.807, 2.05) is 0 Å². The molecule has 2 rings (SSSR count). The highest BCUT2D eigenvalue weighted by Crippen LogP contribution is 2.46. The summed E-state index contributed by atoms with van der Waals surface area (Å²) in [7, 11) is 3.16. The summed E-state index contributed by atoms with van der Waals surface area (Å²) in [6.45, 7) is 0. The molecular weight excluding hydrogens is 444 g/mol.